The van der Waals surface area contributed by atoms with Crippen LogP contribution in [-0.2, 0) is 17.8 Å². The molecule has 134 valence electrons. The van der Waals surface area contributed by atoms with Gasteiger partial charge < -0.3 is 21.4 Å². The Morgan fingerprint density at radius 3 is 2.73 bits per heavy atom. The molecule has 26 heavy (non-hydrogen) atoms. The fourth-order valence-electron chi connectivity index (χ4n) is 3.33. The molecule has 5 nitrogen and oxygen atoms in total. The summed E-state index contributed by atoms with van der Waals surface area (Å²) in [5.74, 6) is -0.0472. The molecule has 0 spiro atoms. The first-order valence-corrected chi connectivity index (χ1v) is 8.78. The average molecular weight is 348 g/mol. The summed E-state index contributed by atoms with van der Waals surface area (Å²) in [5.41, 5.74) is 12.0. The lowest BCUT2D eigenvalue weighted by atomic mass is 10.00. The van der Waals surface area contributed by atoms with Gasteiger partial charge in [0, 0.05) is 43.3 Å². The van der Waals surface area contributed by atoms with Crippen LogP contribution in [0.15, 0.2) is 48.5 Å². The number of nitrogens with one attached hydrogen (secondary N) is 2. The number of anilines is 2. The van der Waals surface area contributed by atoms with Crippen molar-refractivity contribution in [1.82, 2.24) is 0 Å². The standard InChI is InChI=1S/C21H24N4O/c1-15(26)24-19-8-9-21-18(13-19)3-2-12-25(21)14-16-4-6-17(7-5-16)20(23)10-11-22/h4-11,13,22H,2-3,12,14,23H2,1H3,(H,24,26)/b20-10-,22-11?. The van der Waals surface area contributed by atoms with Gasteiger partial charge in [0.25, 0.3) is 0 Å². The van der Waals surface area contributed by atoms with E-state index in [9.17, 15) is 4.79 Å². The third-order valence-electron chi connectivity index (χ3n) is 4.54. The molecular weight excluding hydrogens is 324 g/mol. The van der Waals surface area contributed by atoms with Crippen LogP contribution in [0.2, 0.25) is 0 Å². The molecule has 0 saturated heterocycles. The Kier molecular flexibility index (Phi) is 5.37. The molecule has 0 aromatic heterocycles. The minimum Gasteiger partial charge on any atom is -0.398 e. The number of nitrogens with zero attached hydrogens (tertiary/aromatic N) is 1. The SMILES string of the molecule is CC(=O)Nc1ccc2c(c1)CCCN2Cc1ccc(/C(N)=C/C=N)cc1. The van der Waals surface area contributed by atoms with Crippen LogP contribution in [0.1, 0.15) is 30.0 Å². The molecule has 2 aromatic carbocycles. The molecule has 1 aliphatic rings. The molecule has 2 aromatic rings. The van der Waals surface area contributed by atoms with Crippen molar-refractivity contribution in [2.45, 2.75) is 26.3 Å². The minimum absolute atomic E-state index is 0.0472. The van der Waals surface area contributed by atoms with Crippen molar-refractivity contribution in [1.29, 1.82) is 5.41 Å². The van der Waals surface area contributed by atoms with Crippen molar-refractivity contribution < 1.29 is 4.79 Å². The second-order valence-electron chi connectivity index (χ2n) is 6.54. The smallest absolute Gasteiger partial charge is 0.221 e. The van der Waals surface area contributed by atoms with E-state index in [1.54, 1.807) is 6.08 Å². The van der Waals surface area contributed by atoms with Gasteiger partial charge in [-0.2, -0.15) is 0 Å². The largest absolute Gasteiger partial charge is 0.398 e. The number of nitrogens with two attached hydrogens (primary N) is 1. The second-order valence-corrected chi connectivity index (χ2v) is 6.54. The highest BCUT2D eigenvalue weighted by molar-refractivity contribution is 5.89. The molecule has 0 fully saturated rings. The van der Waals surface area contributed by atoms with Crippen molar-refractivity contribution in [2.24, 2.45) is 5.73 Å². The number of carbonyl (C=O) groups is 1. The second kappa shape index (κ2) is 7.87. The Balaban J connectivity index is 1.76. The summed E-state index contributed by atoms with van der Waals surface area (Å²) >= 11 is 0. The summed E-state index contributed by atoms with van der Waals surface area (Å²) in [7, 11) is 0. The Bertz CT molecular complexity index is 840. The average Bonchev–Trinajstić information content (AvgIpc) is 2.62. The monoisotopic (exact) mass is 348 g/mol. The maximum Gasteiger partial charge on any atom is 0.221 e. The number of amides is 1. The molecule has 0 radical (unpaired) electrons. The van der Waals surface area contributed by atoms with E-state index >= 15 is 0 Å². The van der Waals surface area contributed by atoms with E-state index in [0.29, 0.717) is 5.70 Å². The first-order chi connectivity index (χ1) is 12.6. The Morgan fingerprint density at radius 2 is 2.04 bits per heavy atom. The third-order valence-corrected chi connectivity index (χ3v) is 4.54. The normalized spacial score (nSPS) is 13.9. The lowest BCUT2D eigenvalue weighted by molar-refractivity contribution is -0.114. The quantitative estimate of drug-likeness (QED) is 0.723. The van der Waals surface area contributed by atoms with E-state index in [0.717, 1.165) is 37.2 Å². The van der Waals surface area contributed by atoms with Crippen molar-refractivity contribution >= 4 is 29.2 Å². The van der Waals surface area contributed by atoms with Crippen LogP contribution < -0.4 is 16.0 Å². The van der Waals surface area contributed by atoms with Crippen LogP contribution in [-0.4, -0.2) is 18.7 Å². The Morgan fingerprint density at radius 1 is 1.27 bits per heavy atom. The maximum absolute atomic E-state index is 11.3. The number of hydrogen-bond acceptors (Lipinski definition) is 4. The number of allylic oxidation sites excluding steroid dienone is 1. The van der Waals surface area contributed by atoms with Gasteiger partial charge >= 0.3 is 0 Å². The maximum atomic E-state index is 11.3. The molecule has 0 atom stereocenters. The van der Waals surface area contributed by atoms with Gasteiger partial charge in [-0.15, -0.1) is 0 Å². The lowest BCUT2D eigenvalue weighted by Gasteiger charge is -2.32. The summed E-state index contributed by atoms with van der Waals surface area (Å²) in [6, 6.07) is 14.3. The number of hydrogen-bond donors (Lipinski definition) is 3. The number of fused-ring (bicyclic) bond motifs is 1. The summed E-state index contributed by atoms with van der Waals surface area (Å²) < 4.78 is 0. The van der Waals surface area contributed by atoms with Crippen LogP contribution in [0.5, 0.6) is 0 Å². The number of rotatable bonds is 5. The predicted octanol–water partition coefficient (Wildman–Crippen LogP) is 3.55. The van der Waals surface area contributed by atoms with E-state index in [4.69, 9.17) is 11.1 Å². The summed E-state index contributed by atoms with van der Waals surface area (Å²) in [6.07, 6.45) is 4.92. The number of benzene rings is 2. The summed E-state index contributed by atoms with van der Waals surface area (Å²) in [5, 5.41) is 9.96. The highest BCUT2D eigenvalue weighted by Gasteiger charge is 2.17. The van der Waals surface area contributed by atoms with Gasteiger partial charge in [0.15, 0.2) is 0 Å². The molecule has 1 aliphatic heterocycles. The molecule has 0 unspecified atom stereocenters. The molecule has 3 rings (SSSR count). The van der Waals surface area contributed by atoms with Crippen molar-refractivity contribution in [3.8, 4) is 0 Å². The zero-order valence-corrected chi connectivity index (χ0v) is 15.0. The van der Waals surface area contributed by atoms with Gasteiger partial charge in [-0.3, -0.25) is 4.79 Å². The van der Waals surface area contributed by atoms with Gasteiger partial charge in [-0.05, 0) is 53.8 Å². The van der Waals surface area contributed by atoms with E-state index in [-0.39, 0.29) is 5.91 Å². The van der Waals surface area contributed by atoms with Gasteiger partial charge in [0.2, 0.25) is 5.91 Å². The van der Waals surface area contributed by atoms with Crippen LogP contribution in [0.25, 0.3) is 5.70 Å². The molecule has 0 bridgehead atoms. The highest BCUT2D eigenvalue weighted by Crippen LogP contribution is 2.31. The molecule has 4 N–H and O–H groups in total. The number of aryl methyl sites for hydroxylation is 1. The zero-order chi connectivity index (χ0) is 18.5. The summed E-state index contributed by atoms with van der Waals surface area (Å²) in [4.78, 5) is 13.6. The summed E-state index contributed by atoms with van der Waals surface area (Å²) in [6.45, 7) is 3.38. The van der Waals surface area contributed by atoms with Crippen LogP contribution in [0, 0.1) is 5.41 Å². The molecule has 5 heteroatoms. The molecule has 1 amide bonds. The fourth-order valence-corrected chi connectivity index (χ4v) is 3.33. The topological polar surface area (TPSA) is 82.2 Å². The van der Waals surface area contributed by atoms with Crippen molar-refractivity contribution in [2.75, 3.05) is 16.8 Å². The van der Waals surface area contributed by atoms with E-state index in [2.05, 4.69) is 34.5 Å². The molecule has 0 aliphatic carbocycles. The first-order valence-electron chi connectivity index (χ1n) is 8.78. The van der Waals surface area contributed by atoms with Crippen LogP contribution in [0.4, 0.5) is 11.4 Å². The third kappa shape index (κ3) is 4.11. The zero-order valence-electron chi connectivity index (χ0n) is 15.0. The van der Waals surface area contributed by atoms with Crippen molar-refractivity contribution in [3.63, 3.8) is 0 Å². The fraction of sp³-hybridized carbons (Fsp3) is 0.238. The Hall–Kier alpha value is -3.08. The van der Waals surface area contributed by atoms with Gasteiger partial charge in [0.1, 0.15) is 0 Å². The van der Waals surface area contributed by atoms with Crippen LogP contribution in [0.3, 0.4) is 0 Å². The molecule has 0 saturated carbocycles. The van der Waals surface area contributed by atoms with E-state index < -0.39 is 0 Å². The van der Waals surface area contributed by atoms with E-state index in [1.165, 1.54) is 30.0 Å². The molecule has 1 heterocycles. The number of carbonyl (C=O) groups excluding carboxylic acids is 1. The van der Waals surface area contributed by atoms with Gasteiger partial charge in [-0.1, -0.05) is 24.3 Å². The minimum atomic E-state index is -0.0472. The Labute approximate surface area is 154 Å². The van der Waals surface area contributed by atoms with Crippen LogP contribution >= 0.6 is 0 Å². The lowest BCUT2D eigenvalue weighted by Crippen LogP contribution is -2.28. The first kappa shape index (κ1) is 17.7. The van der Waals surface area contributed by atoms with E-state index in [1.807, 2.05) is 18.2 Å². The highest BCUT2D eigenvalue weighted by atomic mass is 16.1. The van der Waals surface area contributed by atoms with Crippen molar-refractivity contribution in [3.05, 3.63) is 65.2 Å². The predicted molar refractivity (Wildman–Crippen MR) is 108 cm³/mol. The van der Waals surface area contributed by atoms with Gasteiger partial charge in [0.05, 0.1) is 0 Å². The van der Waals surface area contributed by atoms with Gasteiger partial charge in [-0.25, -0.2) is 0 Å². The molecular formula is C21H24N4O.